The summed E-state index contributed by atoms with van der Waals surface area (Å²) in [5, 5.41) is 17.2. The molecule has 0 spiro atoms. The average Bonchev–Trinajstić information content (AvgIpc) is 2.15. The van der Waals surface area contributed by atoms with Crippen molar-refractivity contribution in [2.75, 3.05) is 0 Å². The van der Waals surface area contributed by atoms with E-state index in [4.69, 9.17) is 10.2 Å². The zero-order valence-electron chi connectivity index (χ0n) is 7.12. The normalized spacial score (nSPS) is 11.0. The van der Waals surface area contributed by atoms with Gasteiger partial charge in [0, 0.05) is 12.1 Å². The highest BCUT2D eigenvalue weighted by Crippen LogP contribution is 1.93. The highest BCUT2D eigenvalue weighted by Gasteiger charge is 2.19. The molecule has 5 nitrogen and oxygen atoms in total. The Hall–Kier alpha value is -2.17. The van der Waals surface area contributed by atoms with Crippen molar-refractivity contribution in [2.45, 2.75) is 0 Å². The predicted molar refractivity (Wildman–Crippen MR) is 46.2 cm³/mol. The number of carboxylic acid groups (broad SMARTS) is 2. The molecule has 2 N–H and O–H groups in total. The number of nitrogens with zero attached hydrogens (tertiary/aromatic N) is 1. The molecule has 0 aliphatic carbocycles. The van der Waals surface area contributed by atoms with Gasteiger partial charge in [-0.25, -0.2) is 9.59 Å². The largest absolute Gasteiger partial charge is 0.478 e. The van der Waals surface area contributed by atoms with Crippen LogP contribution in [0.3, 0.4) is 0 Å². The Morgan fingerprint density at radius 2 is 1.64 bits per heavy atom. The van der Waals surface area contributed by atoms with Crippen LogP contribution < -0.4 is 4.57 Å². The highest BCUT2D eigenvalue weighted by molar-refractivity contribution is 6.09. The van der Waals surface area contributed by atoms with Crippen LogP contribution in [0.15, 0.2) is 36.7 Å². The summed E-state index contributed by atoms with van der Waals surface area (Å²) in [5.41, 5.74) is -0.307. The Kier molecular flexibility index (Phi) is 2.96. The van der Waals surface area contributed by atoms with E-state index in [0.29, 0.717) is 6.08 Å². The first-order valence-electron chi connectivity index (χ1n) is 3.76. The standard InChI is InChI=1S/C9H7NO4/c11-8(12)6-7(9(13)14)10-4-2-1-3-5-10/h1-6H,(H-,11,12,13,14)/p+1/b7-6-. The van der Waals surface area contributed by atoms with Crippen LogP contribution in [0, 0.1) is 0 Å². The zero-order valence-corrected chi connectivity index (χ0v) is 7.12. The summed E-state index contributed by atoms with van der Waals surface area (Å²) in [7, 11) is 0. The van der Waals surface area contributed by atoms with Crippen molar-refractivity contribution in [3.8, 4) is 0 Å². The first-order valence-corrected chi connectivity index (χ1v) is 3.76. The molecular formula is C9H8NO4+. The van der Waals surface area contributed by atoms with E-state index in [1.54, 1.807) is 18.2 Å². The highest BCUT2D eigenvalue weighted by atomic mass is 16.4. The average molecular weight is 194 g/mol. The van der Waals surface area contributed by atoms with E-state index in [1.807, 2.05) is 0 Å². The van der Waals surface area contributed by atoms with Crippen LogP contribution in [0.4, 0.5) is 0 Å². The summed E-state index contributed by atoms with van der Waals surface area (Å²) in [6, 6.07) is 4.92. The minimum atomic E-state index is -1.29. The Bertz CT molecular complexity index is 383. The van der Waals surface area contributed by atoms with E-state index in [0.717, 1.165) is 0 Å². The second-order valence-corrected chi connectivity index (χ2v) is 2.46. The van der Waals surface area contributed by atoms with Crippen LogP contribution in [-0.2, 0) is 9.59 Å². The smallest absolute Gasteiger partial charge is 0.402 e. The number of rotatable bonds is 3. The molecule has 0 aliphatic rings. The van der Waals surface area contributed by atoms with E-state index < -0.39 is 11.9 Å². The Balaban J connectivity index is 3.14. The van der Waals surface area contributed by atoms with Crippen molar-refractivity contribution in [1.82, 2.24) is 0 Å². The maximum absolute atomic E-state index is 10.7. The lowest BCUT2D eigenvalue weighted by molar-refractivity contribution is -0.578. The summed E-state index contributed by atoms with van der Waals surface area (Å²) in [5.74, 6) is -2.58. The second kappa shape index (κ2) is 4.18. The summed E-state index contributed by atoms with van der Waals surface area (Å²) in [6.07, 6.45) is 3.56. The molecule has 0 amide bonds. The minimum Gasteiger partial charge on any atom is -0.478 e. The molecule has 1 heterocycles. The lowest BCUT2D eigenvalue weighted by atomic mass is 10.3. The third kappa shape index (κ3) is 2.41. The van der Waals surface area contributed by atoms with Crippen LogP contribution in [-0.4, -0.2) is 22.2 Å². The fourth-order valence-electron chi connectivity index (χ4n) is 0.923. The van der Waals surface area contributed by atoms with E-state index in [1.165, 1.54) is 17.0 Å². The molecule has 0 bridgehead atoms. The fraction of sp³-hybridized carbons (Fsp3) is 0. The van der Waals surface area contributed by atoms with Crippen molar-refractivity contribution < 1.29 is 24.4 Å². The summed E-state index contributed by atoms with van der Waals surface area (Å²) < 4.78 is 1.22. The molecule has 0 aromatic carbocycles. The lowest BCUT2D eigenvalue weighted by Crippen LogP contribution is -2.35. The van der Waals surface area contributed by atoms with Gasteiger partial charge in [0.15, 0.2) is 12.4 Å². The van der Waals surface area contributed by atoms with Crippen molar-refractivity contribution in [2.24, 2.45) is 0 Å². The van der Waals surface area contributed by atoms with Crippen molar-refractivity contribution in [1.29, 1.82) is 0 Å². The monoisotopic (exact) mass is 194 g/mol. The van der Waals surface area contributed by atoms with Crippen LogP contribution in [0.2, 0.25) is 0 Å². The molecule has 0 unspecified atom stereocenters. The van der Waals surface area contributed by atoms with Gasteiger partial charge in [-0.2, -0.15) is 4.57 Å². The molecule has 72 valence electrons. The van der Waals surface area contributed by atoms with Gasteiger partial charge in [-0.3, -0.25) is 0 Å². The zero-order chi connectivity index (χ0) is 10.6. The third-order valence-corrected chi connectivity index (χ3v) is 1.47. The molecular weight excluding hydrogens is 186 g/mol. The number of hydrogen-bond acceptors (Lipinski definition) is 2. The second-order valence-electron chi connectivity index (χ2n) is 2.46. The third-order valence-electron chi connectivity index (χ3n) is 1.47. The molecule has 0 atom stereocenters. The Labute approximate surface area is 79.5 Å². The number of carboxylic acids is 2. The Morgan fingerprint density at radius 1 is 1.07 bits per heavy atom. The van der Waals surface area contributed by atoms with Crippen molar-refractivity contribution in [3.05, 3.63) is 36.7 Å². The minimum absolute atomic E-state index is 0.307. The fourth-order valence-corrected chi connectivity index (χ4v) is 0.923. The van der Waals surface area contributed by atoms with Gasteiger partial charge in [0.25, 0.3) is 0 Å². The van der Waals surface area contributed by atoms with E-state index in [2.05, 4.69) is 0 Å². The molecule has 0 radical (unpaired) electrons. The van der Waals surface area contributed by atoms with Gasteiger partial charge < -0.3 is 10.2 Å². The molecule has 0 saturated carbocycles. The van der Waals surface area contributed by atoms with E-state index >= 15 is 0 Å². The van der Waals surface area contributed by atoms with Crippen LogP contribution in [0.25, 0.3) is 5.70 Å². The van der Waals surface area contributed by atoms with Crippen LogP contribution in [0.1, 0.15) is 0 Å². The molecule has 0 aliphatic heterocycles. The summed E-state index contributed by atoms with van der Waals surface area (Å²) in [6.45, 7) is 0. The van der Waals surface area contributed by atoms with Crippen molar-refractivity contribution in [3.63, 3.8) is 0 Å². The van der Waals surface area contributed by atoms with E-state index in [9.17, 15) is 9.59 Å². The molecule has 0 saturated heterocycles. The van der Waals surface area contributed by atoms with E-state index in [-0.39, 0.29) is 5.70 Å². The van der Waals surface area contributed by atoms with Gasteiger partial charge in [0.1, 0.15) is 6.08 Å². The van der Waals surface area contributed by atoms with Gasteiger partial charge in [0.05, 0.1) is 0 Å². The van der Waals surface area contributed by atoms with Gasteiger partial charge in [-0.1, -0.05) is 6.07 Å². The summed E-state index contributed by atoms with van der Waals surface area (Å²) >= 11 is 0. The molecule has 14 heavy (non-hydrogen) atoms. The molecule has 0 fully saturated rings. The SMILES string of the molecule is O=C(O)/C=C(/C(=O)O)[n+]1ccccc1. The lowest BCUT2D eigenvalue weighted by Gasteiger charge is -1.93. The topological polar surface area (TPSA) is 78.5 Å². The molecule has 1 aromatic heterocycles. The van der Waals surface area contributed by atoms with Crippen LogP contribution >= 0.6 is 0 Å². The van der Waals surface area contributed by atoms with Gasteiger partial charge in [0.2, 0.25) is 0 Å². The number of aliphatic carboxylic acids is 2. The summed E-state index contributed by atoms with van der Waals surface area (Å²) in [4.78, 5) is 21.0. The first kappa shape index (κ1) is 9.91. The Morgan fingerprint density at radius 3 is 2.07 bits per heavy atom. The maximum atomic E-state index is 10.7. The van der Waals surface area contributed by atoms with Crippen molar-refractivity contribution >= 4 is 17.6 Å². The first-order chi connectivity index (χ1) is 6.61. The number of carbonyl (C=O) groups is 2. The number of pyridine rings is 1. The molecule has 1 aromatic rings. The molecule has 1 rings (SSSR count). The van der Waals surface area contributed by atoms with Crippen LogP contribution in [0.5, 0.6) is 0 Å². The van der Waals surface area contributed by atoms with Gasteiger partial charge in [-0.05, 0) is 0 Å². The predicted octanol–water partition coefficient (Wildman–Crippen LogP) is -0.0158. The van der Waals surface area contributed by atoms with Gasteiger partial charge in [-0.15, -0.1) is 0 Å². The quantitative estimate of drug-likeness (QED) is 0.523. The van der Waals surface area contributed by atoms with Gasteiger partial charge >= 0.3 is 17.6 Å². The number of hydrogen-bond donors (Lipinski definition) is 2. The molecule has 5 heteroatoms. The maximum Gasteiger partial charge on any atom is 0.402 e. The number of aromatic nitrogens is 1.